The maximum Gasteiger partial charge on any atom is 0.272 e. The van der Waals surface area contributed by atoms with Gasteiger partial charge in [0.25, 0.3) is 5.91 Å². The van der Waals surface area contributed by atoms with Crippen molar-refractivity contribution >= 4 is 11.8 Å². The Morgan fingerprint density at radius 1 is 1.22 bits per heavy atom. The van der Waals surface area contributed by atoms with Crippen molar-refractivity contribution in [3.63, 3.8) is 0 Å². The summed E-state index contributed by atoms with van der Waals surface area (Å²) in [5.74, 6) is 0.519. The van der Waals surface area contributed by atoms with E-state index in [1.807, 2.05) is 30.0 Å². The predicted octanol–water partition coefficient (Wildman–Crippen LogP) is 2.06. The monoisotopic (exact) mass is 369 g/mol. The zero-order chi connectivity index (χ0) is 18.8. The fourth-order valence-electron chi connectivity index (χ4n) is 3.88. The summed E-state index contributed by atoms with van der Waals surface area (Å²) in [4.78, 5) is 31.4. The van der Waals surface area contributed by atoms with Crippen molar-refractivity contribution in [2.45, 2.75) is 51.0 Å². The minimum atomic E-state index is -0.478. The number of ether oxygens (including phenoxy) is 1. The highest BCUT2D eigenvalue weighted by atomic mass is 16.5. The number of hydrogen-bond acceptors (Lipinski definition) is 5. The number of likely N-dealkylation sites (tertiary alicyclic amines) is 1. The summed E-state index contributed by atoms with van der Waals surface area (Å²) in [6.45, 7) is 2.85. The second kappa shape index (κ2) is 7.52. The largest absolute Gasteiger partial charge is 0.467 e. The van der Waals surface area contributed by atoms with Gasteiger partial charge in [0.05, 0.1) is 25.0 Å². The van der Waals surface area contributed by atoms with E-state index in [1.165, 1.54) is 0 Å². The SMILES string of the molecule is Cc1cccc(C(=O)N2CC[C@H]3O[C@@H](C(=O)NCc4ccco4)CC[C@H]32)n1. The number of amides is 2. The Kier molecular flexibility index (Phi) is 4.94. The van der Waals surface area contributed by atoms with E-state index in [1.54, 1.807) is 18.4 Å². The van der Waals surface area contributed by atoms with Crippen molar-refractivity contribution in [2.75, 3.05) is 6.54 Å². The Balaban J connectivity index is 1.35. The van der Waals surface area contributed by atoms with Gasteiger partial charge in [-0.1, -0.05) is 6.07 Å². The summed E-state index contributed by atoms with van der Waals surface area (Å²) >= 11 is 0. The summed E-state index contributed by atoms with van der Waals surface area (Å²) in [6.07, 6.45) is 3.08. The van der Waals surface area contributed by atoms with Crippen LogP contribution in [0.25, 0.3) is 0 Å². The first-order valence-electron chi connectivity index (χ1n) is 9.32. The molecule has 0 unspecified atom stereocenters. The highest BCUT2D eigenvalue weighted by Crippen LogP contribution is 2.32. The van der Waals surface area contributed by atoms with Gasteiger partial charge in [-0.25, -0.2) is 4.98 Å². The Bertz CT molecular complexity index is 820. The van der Waals surface area contributed by atoms with Crippen LogP contribution in [0.3, 0.4) is 0 Å². The van der Waals surface area contributed by atoms with Gasteiger partial charge in [-0.05, 0) is 50.5 Å². The van der Waals surface area contributed by atoms with Crippen molar-refractivity contribution in [2.24, 2.45) is 0 Å². The second-order valence-corrected chi connectivity index (χ2v) is 7.06. The Morgan fingerprint density at radius 2 is 2.11 bits per heavy atom. The molecule has 2 aromatic heterocycles. The molecule has 2 fully saturated rings. The van der Waals surface area contributed by atoms with Gasteiger partial charge in [0.2, 0.25) is 5.91 Å². The quantitative estimate of drug-likeness (QED) is 0.892. The molecule has 3 atom stereocenters. The molecule has 0 spiro atoms. The van der Waals surface area contributed by atoms with Crippen LogP contribution in [0.1, 0.15) is 41.2 Å². The lowest BCUT2D eigenvalue weighted by atomic mass is 9.98. The van der Waals surface area contributed by atoms with Gasteiger partial charge in [0.15, 0.2) is 0 Å². The van der Waals surface area contributed by atoms with E-state index in [9.17, 15) is 9.59 Å². The van der Waals surface area contributed by atoms with Crippen molar-refractivity contribution in [3.8, 4) is 0 Å². The summed E-state index contributed by atoms with van der Waals surface area (Å²) in [7, 11) is 0. The number of aromatic nitrogens is 1. The number of fused-ring (bicyclic) bond motifs is 1. The molecule has 0 bridgehead atoms. The van der Waals surface area contributed by atoms with Crippen molar-refractivity contribution in [1.82, 2.24) is 15.2 Å². The zero-order valence-electron chi connectivity index (χ0n) is 15.3. The van der Waals surface area contributed by atoms with Crippen LogP contribution in [0.2, 0.25) is 0 Å². The van der Waals surface area contributed by atoms with E-state index >= 15 is 0 Å². The highest BCUT2D eigenvalue weighted by Gasteiger charge is 2.43. The molecular formula is C20H23N3O4. The van der Waals surface area contributed by atoms with Gasteiger partial charge < -0.3 is 19.4 Å². The van der Waals surface area contributed by atoms with E-state index in [2.05, 4.69) is 10.3 Å². The number of rotatable bonds is 4. The number of nitrogens with zero attached hydrogens (tertiary/aromatic N) is 2. The van der Waals surface area contributed by atoms with Gasteiger partial charge in [-0.3, -0.25) is 9.59 Å². The Labute approximate surface area is 157 Å². The van der Waals surface area contributed by atoms with Gasteiger partial charge >= 0.3 is 0 Å². The third kappa shape index (κ3) is 3.73. The average molecular weight is 369 g/mol. The Hall–Kier alpha value is -2.67. The molecule has 142 valence electrons. The predicted molar refractivity (Wildman–Crippen MR) is 96.9 cm³/mol. The number of furan rings is 1. The number of carbonyl (C=O) groups is 2. The first kappa shape index (κ1) is 17.7. The molecule has 7 heteroatoms. The van der Waals surface area contributed by atoms with Crippen molar-refractivity contribution in [3.05, 3.63) is 53.7 Å². The first-order valence-corrected chi connectivity index (χ1v) is 9.32. The summed E-state index contributed by atoms with van der Waals surface area (Å²) in [5, 5.41) is 2.85. The topological polar surface area (TPSA) is 84.7 Å². The standard InChI is InChI=1S/C20H23N3O4/c1-13-4-2-6-15(22-13)20(25)23-10-9-17-16(23)7-8-18(27-17)19(24)21-12-14-5-3-11-26-14/h2-6,11,16-18H,7-10,12H2,1H3,(H,21,24)/t16-,17-,18-/m1/s1. The minimum absolute atomic E-state index is 0.00827. The molecular weight excluding hydrogens is 346 g/mol. The number of pyridine rings is 1. The maximum absolute atomic E-state index is 12.8. The lowest BCUT2D eigenvalue weighted by molar-refractivity contribution is -0.143. The third-order valence-electron chi connectivity index (χ3n) is 5.23. The molecule has 2 aliphatic heterocycles. The molecule has 0 saturated carbocycles. The molecule has 4 heterocycles. The molecule has 27 heavy (non-hydrogen) atoms. The lowest BCUT2D eigenvalue weighted by Gasteiger charge is -2.35. The van der Waals surface area contributed by atoms with Gasteiger partial charge in [-0.15, -0.1) is 0 Å². The minimum Gasteiger partial charge on any atom is -0.467 e. The first-order chi connectivity index (χ1) is 13.1. The van der Waals surface area contributed by atoms with Crippen LogP contribution in [-0.4, -0.2) is 46.5 Å². The Morgan fingerprint density at radius 3 is 2.89 bits per heavy atom. The average Bonchev–Trinajstić information content (AvgIpc) is 3.34. The van der Waals surface area contributed by atoms with Crippen LogP contribution in [-0.2, 0) is 16.1 Å². The van der Waals surface area contributed by atoms with Crippen molar-refractivity contribution < 1.29 is 18.7 Å². The smallest absolute Gasteiger partial charge is 0.272 e. The maximum atomic E-state index is 12.8. The molecule has 1 N–H and O–H groups in total. The highest BCUT2D eigenvalue weighted by molar-refractivity contribution is 5.92. The molecule has 0 aliphatic carbocycles. The van der Waals surface area contributed by atoms with E-state index < -0.39 is 6.10 Å². The number of aryl methyl sites for hydroxylation is 1. The van der Waals surface area contributed by atoms with E-state index in [-0.39, 0.29) is 24.0 Å². The van der Waals surface area contributed by atoms with Crippen molar-refractivity contribution in [1.29, 1.82) is 0 Å². The van der Waals surface area contributed by atoms with Crippen LogP contribution >= 0.6 is 0 Å². The van der Waals surface area contributed by atoms with Crippen LogP contribution in [0.4, 0.5) is 0 Å². The lowest BCUT2D eigenvalue weighted by Crippen LogP contribution is -2.49. The third-order valence-corrected chi connectivity index (χ3v) is 5.23. The summed E-state index contributed by atoms with van der Waals surface area (Å²) < 4.78 is 11.3. The molecule has 2 amide bonds. The number of carbonyl (C=O) groups excluding carboxylic acids is 2. The van der Waals surface area contributed by atoms with Gasteiger partial charge in [-0.2, -0.15) is 0 Å². The fourth-order valence-corrected chi connectivity index (χ4v) is 3.88. The van der Waals surface area contributed by atoms with E-state index in [0.29, 0.717) is 31.0 Å². The summed E-state index contributed by atoms with van der Waals surface area (Å²) in [6, 6.07) is 9.08. The van der Waals surface area contributed by atoms with Crippen LogP contribution in [0.5, 0.6) is 0 Å². The van der Waals surface area contributed by atoms with E-state index in [0.717, 1.165) is 18.5 Å². The zero-order valence-corrected chi connectivity index (χ0v) is 15.3. The van der Waals surface area contributed by atoms with Crippen LogP contribution in [0, 0.1) is 6.92 Å². The number of nitrogens with one attached hydrogen (secondary N) is 1. The molecule has 2 aromatic rings. The summed E-state index contributed by atoms with van der Waals surface area (Å²) in [5.41, 5.74) is 1.29. The van der Waals surface area contributed by atoms with Crippen LogP contribution in [0.15, 0.2) is 41.0 Å². The fraction of sp³-hybridized carbons (Fsp3) is 0.450. The molecule has 0 radical (unpaired) electrons. The molecule has 4 rings (SSSR count). The van der Waals surface area contributed by atoms with Crippen LogP contribution < -0.4 is 5.32 Å². The molecule has 2 saturated heterocycles. The normalized spacial score (nSPS) is 24.5. The molecule has 2 aliphatic rings. The van der Waals surface area contributed by atoms with Gasteiger partial charge in [0.1, 0.15) is 17.6 Å². The second-order valence-electron chi connectivity index (χ2n) is 7.06. The van der Waals surface area contributed by atoms with E-state index in [4.69, 9.17) is 9.15 Å². The molecule has 0 aromatic carbocycles. The van der Waals surface area contributed by atoms with Gasteiger partial charge in [0, 0.05) is 12.2 Å². The number of hydrogen-bond donors (Lipinski definition) is 1. The molecule has 7 nitrogen and oxygen atoms in total.